The predicted octanol–water partition coefficient (Wildman–Crippen LogP) is 1.63. The number of halogens is 1. The maximum atomic E-state index is 13.2. The number of benzene rings is 1. The molecule has 25 heavy (non-hydrogen) atoms. The van der Waals surface area contributed by atoms with Crippen molar-refractivity contribution in [2.75, 3.05) is 23.4 Å². The average Bonchev–Trinajstić information content (AvgIpc) is 3.11. The van der Waals surface area contributed by atoms with Gasteiger partial charge in [0, 0.05) is 12.7 Å². The zero-order chi connectivity index (χ0) is 17.9. The first-order valence-corrected chi connectivity index (χ1v) is 9.74. The van der Waals surface area contributed by atoms with Gasteiger partial charge in [-0.2, -0.15) is 5.10 Å². The standard InChI is InChI=1S/C16H19FN4O3S/c17-14-3-1-2-12(6-14)9-21-10-15(8-19-21)20-16(22)18-7-13-4-5-25(23,24)11-13/h1-3,6,8,10,13H,4-5,7,9,11H2,(H2,18,20,22). The largest absolute Gasteiger partial charge is 0.338 e. The van der Waals surface area contributed by atoms with Crippen LogP contribution in [0, 0.1) is 11.7 Å². The van der Waals surface area contributed by atoms with E-state index in [2.05, 4.69) is 15.7 Å². The van der Waals surface area contributed by atoms with Crippen molar-refractivity contribution in [3.63, 3.8) is 0 Å². The number of hydrogen-bond donors (Lipinski definition) is 2. The normalized spacial score (nSPS) is 18.8. The molecule has 2 N–H and O–H groups in total. The molecule has 0 spiro atoms. The number of amides is 2. The number of sulfone groups is 1. The molecule has 2 amide bonds. The Bertz CT molecular complexity index is 866. The Morgan fingerprint density at radius 1 is 1.40 bits per heavy atom. The van der Waals surface area contributed by atoms with Gasteiger partial charge in [-0.3, -0.25) is 4.68 Å². The number of aromatic nitrogens is 2. The maximum Gasteiger partial charge on any atom is 0.319 e. The molecule has 0 aliphatic carbocycles. The molecule has 1 aromatic heterocycles. The molecule has 1 aromatic carbocycles. The van der Waals surface area contributed by atoms with Crippen molar-refractivity contribution in [2.45, 2.75) is 13.0 Å². The van der Waals surface area contributed by atoms with Gasteiger partial charge in [-0.25, -0.2) is 17.6 Å². The van der Waals surface area contributed by atoms with E-state index < -0.39 is 15.9 Å². The third-order valence-corrected chi connectivity index (χ3v) is 5.84. The van der Waals surface area contributed by atoms with Gasteiger partial charge in [0.2, 0.25) is 0 Å². The molecule has 0 saturated carbocycles. The van der Waals surface area contributed by atoms with Gasteiger partial charge in [0.15, 0.2) is 9.84 Å². The minimum absolute atomic E-state index is 0.0357. The number of nitrogens with one attached hydrogen (secondary N) is 2. The smallest absolute Gasteiger partial charge is 0.319 e. The van der Waals surface area contributed by atoms with Crippen molar-refractivity contribution in [3.8, 4) is 0 Å². The van der Waals surface area contributed by atoms with Crippen LogP contribution in [-0.2, 0) is 16.4 Å². The zero-order valence-electron chi connectivity index (χ0n) is 13.5. The van der Waals surface area contributed by atoms with Crippen LogP contribution in [-0.4, -0.2) is 42.3 Å². The van der Waals surface area contributed by atoms with Crippen molar-refractivity contribution in [1.82, 2.24) is 15.1 Å². The number of hydrogen-bond acceptors (Lipinski definition) is 4. The lowest BCUT2D eigenvalue weighted by Gasteiger charge is -2.09. The van der Waals surface area contributed by atoms with Gasteiger partial charge in [0.1, 0.15) is 5.82 Å². The van der Waals surface area contributed by atoms with E-state index in [1.54, 1.807) is 23.0 Å². The van der Waals surface area contributed by atoms with Crippen LogP contribution in [0.4, 0.5) is 14.9 Å². The highest BCUT2D eigenvalue weighted by Crippen LogP contribution is 2.17. The molecule has 1 fully saturated rings. The Balaban J connectivity index is 1.48. The Labute approximate surface area is 145 Å². The number of urea groups is 1. The van der Waals surface area contributed by atoms with Crippen molar-refractivity contribution >= 4 is 21.6 Å². The van der Waals surface area contributed by atoms with Crippen LogP contribution in [0.25, 0.3) is 0 Å². The lowest BCUT2D eigenvalue weighted by atomic mass is 10.1. The van der Waals surface area contributed by atoms with Crippen LogP contribution in [0.1, 0.15) is 12.0 Å². The molecule has 1 atom stereocenters. The predicted molar refractivity (Wildman–Crippen MR) is 91.5 cm³/mol. The van der Waals surface area contributed by atoms with E-state index in [1.165, 1.54) is 18.3 Å². The molecule has 134 valence electrons. The van der Waals surface area contributed by atoms with Gasteiger partial charge >= 0.3 is 6.03 Å². The van der Waals surface area contributed by atoms with E-state index in [4.69, 9.17) is 0 Å². The van der Waals surface area contributed by atoms with E-state index >= 15 is 0 Å². The molecule has 1 aliphatic rings. The van der Waals surface area contributed by atoms with Gasteiger partial charge in [0.05, 0.1) is 29.9 Å². The van der Waals surface area contributed by atoms with Crippen molar-refractivity contribution in [1.29, 1.82) is 0 Å². The molecular formula is C16H19FN4O3S. The summed E-state index contributed by atoms with van der Waals surface area (Å²) in [6.07, 6.45) is 3.72. The Hall–Kier alpha value is -2.42. The fourth-order valence-corrected chi connectivity index (χ4v) is 4.64. The molecule has 7 nitrogen and oxygen atoms in total. The SMILES string of the molecule is O=C(NCC1CCS(=O)(=O)C1)Nc1cnn(Cc2cccc(F)c2)c1. The molecular weight excluding hydrogens is 347 g/mol. The molecule has 1 saturated heterocycles. The quantitative estimate of drug-likeness (QED) is 0.841. The van der Waals surface area contributed by atoms with Crippen molar-refractivity contribution in [2.24, 2.45) is 5.92 Å². The summed E-state index contributed by atoms with van der Waals surface area (Å²) in [7, 11) is -2.94. The number of anilines is 1. The second kappa shape index (κ2) is 7.22. The van der Waals surface area contributed by atoms with Gasteiger partial charge in [-0.1, -0.05) is 12.1 Å². The van der Waals surface area contributed by atoms with E-state index in [-0.39, 0.29) is 23.2 Å². The first kappa shape index (κ1) is 17.4. The third kappa shape index (κ3) is 5.02. The summed E-state index contributed by atoms with van der Waals surface area (Å²) < 4.78 is 37.5. The van der Waals surface area contributed by atoms with E-state index in [9.17, 15) is 17.6 Å². The van der Waals surface area contributed by atoms with Gasteiger partial charge in [-0.05, 0) is 30.0 Å². The van der Waals surface area contributed by atoms with Crippen LogP contribution in [0.15, 0.2) is 36.7 Å². The van der Waals surface area contributed by atoms with Crippen LogP contribution in [0.2, 0.25) is 0 Å². The summed E-state index contributed by atoms with van der Waals surface area (Å²) in [5.74, 6) is -0.0325. The summed E-state index contributed by atoms with van der Waals surface area (Å²) in [6, 6.07) is 5.82. The lowest BCUT2D eigenvalue weighted by molar-refractivity contribution is 0.250. The second-order valence-corrected chi connectivity index (χ2v) is 8.39. The monoisotopic (exact) mass is 366 g/mol. The minimum Gasteiger partial charge on any atom is -0.338 e. The molecule has 1 unspecified atom stereocenters. The van der Waals surface area contributed by atoms with Gasteiger partial charge < -0.3 is 10.6 Å². The molecule has 0 radical (unpaired) electrons. The summed E-state index contributed by atoms with van der Waals surface area (Å²) >= 11 is 0. The number of rotatable bonds is 5. The van der Waals surface area contributed by atoms with E-state index in [1.807, 2.05) is 0 Å². The van der Waals surface area contributed by atoms with Crippen molar-refractivity contribution in [3.05, 3.63) is 48.0 Å². The Kier molecular flexibility index (Phi) is 5.03. The lowest BCUT2D eigenvalue weighted by Crippen LogP contribution is -2.33. The second-order valence-electron chi connectivity index (χ2n) is 6.16. The number of carbonyl (C=O) groups excluding carboxylic acids is 1. The number of nitrogens with zero attached hydrogens (tertiary/aromatic N) is 2. The summed E-state index contributed by atoms with van der Waals surface area (Å²) in [5.41, 5.74) is 1.27. The maximum absolute atomic E-state index is 13.2. The number of carbonyl (C=O) groups is 1. The van der Waals surface area contributed by atoms with Crippen LogP contribution < -0.4 is 10.6 Å². The molecule has 2 aromatic rings. The highest BCUT2D eigenvalue weighted by molar-refractivity contribution is 7.91. The topological polar surface area (TPSA) is 93.1 Å². The van der Waals surface area contributed by atoms with Gasteiger partial charge in [-0.15, -0.1) is 0 Å². The molecule has 0 bridgehead atoms. The zero-order valence-corrected chi connectivity index (χ0v) is 14.3. The fraction of sp³-hybridized carbons (Fsp3) is 0.375. The minimum atomic E-state index is -2.94. The third-order valence-electron chi connectivity index (χ3n) is 4.00. The Morgan fingerprint density at radius 2 is 2.24 bits per heavy atom. The van der Waals surface area contributed by atoms with Crippen LogP contribution in [0.3, 0.4) is 0 Å². The van der Waals surface area contributed by atoms with Crippen LogP contribution in [0.5, 0.6) is 0 Å². The highest BCUT2D eigenvalue weighted by atomic mass is 32.2. The molecule has 9 heteroatoms. The molecule has 3 rings (SSSR count). The average molecular weight is 366 g/mol. The van der Waals surface area contributed by atoms with E-state index in [0.29, 0.717) is 25.2 Å². The first-order valence-electron chi connectivity index (χ1n) is 7.92. The van der Waals surface area contributed by atoms with Crippen molar-refractivity contribution < 1.29 is 17.6 Å². The summed E-state index contributed by atoms with van der Waals surface area (Å²) in [5, 5.41) is 9.45. The van der Waals surface area contributed by atoms with E-state index in [0.717, 1.165) is 5.56 Å². The summed E-state index contributed by atoms with van der Waals surface area (Å²) in [4.78, 5) is 11.9. The fourth-order valence-electron chi connectivity index (χ4n) is 2.78. The Morgan fingerprint density at radius 3 is 2.96 bits per heavy atom. The first-order chi connectivity index (χ1) is 11.9. The van der Waals surface area contributed by atoms with Gasteiger partial charge in [0.25, 0.3) is 0 Å². The highest BCUT2D eigenvalue weighted by Gasteiger charge is 2.27. The molecule has 1 aliphatic heterocycles. The molecule has 2 heterocycles. The van der Waals surface area contributed by atoms with Crippen LogP contribution >= 0.6 is 0 Å². The summed E-state index contributed by atoms with van der Waals surface area (Å²) in [6.45, 7) is 0.712.